The topological polar surface area (TPSA) is 90.3 Å². The molecule has 4 atom stereocenters. The number of anilines is 2. The average Bonchev–Trinajstić information content (AvgIpc) is 3.24. The number of aromatic nitrogens is 2. The summed E-state index contributed by atoms with van der Waals surface area (Å²) in [6.45, 7) is 4.46. The van der Waals surface area contributed by atoms with Crippen molar-refractivity contribution in [3.63, 3.8) is 0 Å². The molecule has 8 rings (SSSR count). The first-order valence-corrected chi connectivity index (χ1v) is 17.2. The third kappa shape index (κ3) is 5.11. The first-order valence-electron chi connectivity index (χ1n) is 17.2. The molecule has 0 amide bonds. The monoisotopic (exact) mass is 695 g/mol. The van der Waals surface area contributed by atoms with Gasteiger partial charge in [-0.1, -0.05) is 13.0 Å². The van der Waals surface area contributed by atoms with Crippen LogP contribution in [-0.4, -0.2) is 46.0 Å². The number of nitrogens with two attached hydrogens (primary N) is 2. The standard InChI is InChI=1S/C38H39F6N5O/c1-20(25-8-4-10-47-34(25)46)24-7-3-6-22-12-28(27-15-30(45)48-21(2)32(27)38(42,43)44)33(39)29-14-23(13-26(24)31(22)29)50-19-36-9-5-11-49(36)18-35(16-36)17-37(35,40)41/h4,8,10,12-15,20,24H,3,5-7,9,11,16-19H2,1-2H3,(H2,45,48)(H2,46,47)/t20-,24?,35-,36+/m1/s1. The van der Waals surface area contributed by atoms with Crippen LogP contribution in [0.15, 0.2) is 42.6 Å². The third-order valence-corrected chi connectivity index (χ3v) is 12.0. The number of rotatable bonds is 6. The number of nitrogen functional groups attached to an aromatic ring is 2. The maximum absolute atomic E-state index is 17.1. The quantitative estimate of drug-likeness (QED) is 0.196. The van der Waals surface area contributed by atoms with Crippen molar-refractivity contribution >= 4 is 22.4 Å². The third-order valence-electron chi connectivity index (χ3n) is 12.0. The van der Waals surface area contributed by atoms with Crippen LogP contribution in [0, 0.1) is 18.2 Å². The van der Waals surface area contributed by atoms with Crippen molar-refractivity contribution in [2.24, 2.45) is 5.41 Å². The Balaban J connectivity index is 1.29. The van der Waals surface area contributed by atoms with E-state index in [2.05, 4.69) is 21.8 Å². The first-order chi connectivity index (χ1) is 23.6. The van der Waals surface area contributed by atoms with Gasteiger partial charge in [-0.15, -0.1) is 0 Å². The van der Waals surface area contributed by atoms with Crippen molar-refractivity contribution in [1.29, 1.82) is 0 Å². The summed E-state index contributed by atoms with van der Waals surface area (Å²) in [6.07, 6.45) is 0.523. The molecule has 50 heavy (non-hydrogen) atoms. The largest absolute Gasteiger partial charge is 0.492 e. The predicted octanol–water partition coefficient (Wildman–Crippen LogP) is 8.79. The van der Waals surface area contributed by atoms with Crippen LogP contribution in [0.5, 0.6) is 5.75 Å². The van der Waals surface area contributed by atoms with Gasteiger partial charge in [0.2, 0.25) is 0 Å². The van der Waals surface area contributed by atoms with Gasteiger partial charge in [-0.05, 0) is 116 Å². The molecule has 2 aromatic heterocycles. The highest BCUT2D eigenvalue weighted by molar-refractivity contribution is 5.96. The second kappa shape index (κ2) is 11.2. The van der Waals surface area contributed by atoms with E-state index in [1.54, 1.807) is 12.3 Å². The van der Waals surface area contributed by atoms with E-state index in [-0.39, 0.29) is 52.9 Å². The van der Waals surface area contributed by atoms with Gasteiger partial charge >= 0.3 is 6.18 Å². The Labute approximate surface area is 286 Å². The summed E-state index contributed by atoms with van der Waals surface area (Å²) in [6, 6.07) is 9.82. The molecule has 1 spiro atoms. The second-order valence-electron chi connectivity index (χ2n) is 15.0. The van der Waals surface area contributed by atoms with Gasteiger partial charge in [0.15, 0.2) is 0 Å². The fourth-order valence-corrected chi connectivity index (χ4v) is 9.55. The molecule has 4 aromatic rings. The fraction of sp³-hybridized carbons (Fsp3) is 0.474. The van der Waals surface area contributed by atoms with Crippen molar-refractivity contribution in [3.05, 3.63) is 76.4 Å². The molecular weight excluding hydrogens is 656 g/mol. The van der Waals surface area contributed by atoms with E-state index in [0.717, 1.165) is 35.6 Å². The smallest absolute Gasteiger partial charge is 0.418 e. The molecule has 264 valence electrons. The zero-order chi connectivity index (χ0) is 35.4. The summed E-state index contributed by atoms with van der Waals surface area (Å²) in [7, 11) is 0. The Morgan fingerprint density at radius 3 is 2.58 bits per heavy atom. The number of hydrogen-bond donors (Lipinski definition) is 2. The number of nitrogens with zero attached hydrogens (tertiary/aromatic N) is 3. The summed E-state index contributed by atoms with van der Waals surface area (Å²) in [5, 5.41) is 0.780. The number of fused-ring (bicyclic) bond motifs is 1. The summed E-state index contributed by atoms with van der Waals surface area (Å²) in [5.74, 6) is -3.19. The van der Waals surface area contributed by atoms with Gasteiger partial charge in [0.25, 0.3) is 5.92 Å². The Bertz CT molecular complexity index is 2030. The molecule has 12 heteroatoms. The van der Waals surface area contributed by atoms with Gasteiger partial charge in [0, 0.05) is 35.7 Å². The first kappa shape index (κ1) is 33.1. The lowest BCUT2D eigenvalue weighted by atomic mass is 9.79. The van der Waals surface area contributed by atoms with Crippen LogP contribution in [0.1, 0.15) is 85.2 Å². The van der Waals surface area contributed by atoms with Crippen molar-refractivity contribution in [3.8, 4) is 16.9 Å². The molecule has 4 N–H and O–H groups in total. The van der Waals surface area contributed by atoms with Crippen molar-refractivity contribution in [2.45, 2.75) is 88.3 Å². The molecule has 4 heterocycles. The molecule has 3 fully saturated rings. The molecule has 6 nitrogen and oxygen atoms in total. The van der Waals surface area contributed by atoms with E-state index in [1.807, 2.05) is 18.2 Å². The predicted molar refractivity (Wildman–Crippen MR) is 180 cm³/mol. The number of alkyl halides is 5. The van der Waals surface area contributed by atoms with Crippen LogP contribution >= 0.6 is 0 Å². The number of ether oxygens (including phenoxy) is 1. The summed E-state index contributed by atoms with van der Waals surface area (Å²) in [4.78, 5) is 10.3. The summed E-state index contributed by atoms with van der Waals surface area (Å²) >= 11 is 0. The SMILES string of the molecule is Cc1nc(N)cc(-c2cc3c4c(cc(OC[C@@]56CCCN5C[C@]5(CC5(F)F)C6)cc4c2F)C([C@@H](C)c2cccnc2N)CCC3)c1C(F)(F)F. The Morgan fingerprint density at radius 1 is 1.08 bits per heavy atom. The van der Waals surface area contributed by atoms with Gasteiger partial charge < -0.3 is 16.2 Å². The molecular formula is C38H39F6N5O. The molecule has 2 aliphatic carbocycles. The van der Waals surface area contributed by atoms with Crippen molar-refractivity contribution < 1.29 is 31.1 Å². The lowest BCUT2D eigenvalue weighted by Crippen LogP contribution is -2.43. The Hall–Kier alpha value is -4.06. The van der Waals surface area contributed by atoms with E-state index in [9.17, 15) is 22.0 Å². The second-order valence-corrected chi connectivity index (χ2v) is 15.0. The normalized spacial score (nSPS) is 26.3. The van der Waals surface area contributed by atoms with Crippen LogP contribution in [-0.2, 0) is 12.6 Å². The Kier molecular flexibility index (Phi) is 7.43. The highest BCUT2D eigenvalue weighted by atomic mass is 19.4. The summed E-state index contributed by atoms with van der Waals surface area (Å²) < 4.78 is 96.1. The molecule has 1 unspecified atom stereocenters. The van der Waals surface area contributed by atoms with Crippen LogP contribution in [0.4, 0.5) is 38.0 Å². The van der Waals surface area contributed by atoms with Gasteiger partial charge in [-0.25, -0.2) is 23.1 Å². The van der Waals surface area contributed by atoms with E-state index < -0.39 is 34.4 Å². The molecule has 2 aromatic carbocycles. The van der Waals surface area contributed by atoms with Crippen molar-refractivity contribution in [2.75, 3.05) is 31.2 Å². The van der Waals surface area contributed by atoms with Crippen molar-refractivity contribution in [1.82, 2.24) is 14.9 Å². The Morgan fingerprint density at radius 2 is 1.86 bits per heavy atom. The maximum Gasteiger partial charge on any atom is 0.418 e. The molecule has 1 saturated carbocycles. The molecule has 0 radical (unpaired) electrons. The maximum atomic E-state index is 17.1. The van der Waals surface area contributed by atoms with Gasteiger partial charge in [0.05, 0.1) is 22.2 Å². The molecule has 2 saturated heterocycles. The molecule has 4 aliphatic rings. The number of hydrogen-bond acceptors (Lipinski definition) is 6. The average molecular weight is 696 g/mol. The van der Waals surface area contributed by atoms with E-state index >= 15 is 4.39 Å². The minimum absolute atomic E-state index is 0.120. The number of halogens is 6. The number of benzene rings is 2. The zero-order valence-electron chi connectivity index (χ0n) is 27.9. The van der Waals surface area contributed by atoms with Crippen LogP contribution in [0.25, 0.3) is 21.9 Å². The lowest BCUT2D eigenvalue weighted by molar-refractivity contribution is -0.137. The highest BCUT2D eigenvalue weighted by Crippen LogP contribution is 2.69. The van der Waals surface area contributed by atoms with Crippen LogP contribution in [0.2, 0.25) is 0 Å². The number of pyridine rings is 2. The van der Waals surface area contributed by atoms with Crippen LogP contribution < -0.4 is 16.2 Å². The van der Waals surface area contributed by atoms with E-state index in [0.29, 0.717) is 55.7 Å². The number of aryl methyl sites for hydroxylation is 2. The lowest BCUT2D eigenvalue weighted by Gasteiger charge is -2.32. The van der Waals surface area contributed by atoms with Crippen LogP contribution in [0.3, 0.4) is 0 Å². The minimum Gasteiger partial charge on any atom is -0.492 e. The molecule has 0 bridgehead atoms. The van der Waals surface area contributed by atoms with Gasteiger partial charge in [-0.3, -0.25) is 4.90 Å². The van der Waals surface area contributed by atoms with E-state index in [1.165, 1.54) is 13.0 Å². The van der Waals surface area contributed by atoms with Gasteiger partial charge in [-0.2, -0.15) is 13.2 Å². The minimum atomic E-state index is -4.81. The summed E-state index contributed by atoms with van der Waals surface area (Å²) in [5.41, 5.74) is 11.1. The van der Waals surface area contributed by atoms with E-state index in [4.69, 9.17) is 16.2 Å². The molecule has 2 aliphatic heterocycles. The highest BCUT2D eigenvalue weighted by Gasteiger charge is 2.77. The zero-order valence-corrected chi connectivity index (χ0v) is 27.9. The van der Waals surface area contributed by atoms with Gasteiger partial charge in [0.1, 0.15) is 29.8 Å². The fourth-order valence-electron chi connectivity index (χ4n) is 9.55.